The molecule has 8 heteroatoms. The molecule has 1 aliphatic rings. The van der Waals surface area contributed by atoms with Crippen molar-refractivity contribution in [1.82, 2.24) is 14.7 Å². The summed E-state index contributed by atoms with van der Waals surface area (Å²) in [4.78, 5) is 14.4. The average molecular weight is 366 g/mol. The van der Waals surface area contributed by atoms with E-state index in [4.69, 9.17) is 5.73 Å². The smallest absolute Gasteiger partial charge is 0.337 e. The monoisotopic (exact) mass is 366 g/mol. The molecule has 0 aliphatic carbocycles. The van der Waals surface area contributed by atoms with Crippen molar-refractivity contribution in [2.75, 3.05) is 13.1 Å². The molecular formula is C18H21F3N4O. The zero-order valence-electron chi connectivity index (χ0n) is 14.4. The number of benzene rings is 1. The van der Waals surface area contributed by atoms with Crippen LogP contribution in [0.1, 0.15) is 35.8 Å². The number of nitrogens with two attached hydrogens (primary N) is 1. The highest BCUT2D eigenvalue weighted by atomic mass is 19.4. The number of hydrogen-bond acceptors (Lipinski definition) is 3. The lowest BCUT2D eigenvalue weighted by molar-refractivity contribution is -0.137. The van der Waals surface area contributed by atoms with Gasteiger partial charge < -0.3 is 10.6 Å². The molecule has 1 aliphatic heterocycles. The van der Waals surface area contributed by atoms with E-state index in [2.05, 4.69) is 5.10 Å². The van der Waals surface area contributed by atoms with Gasteiger partial charge in [-0.3, -0.25) is 4.79 Å². The summed E-state index contributed by atoms with van der Waals surface area (Å²) in [6.07, 6.45) is -1.06. The number of piperidine rings is 1. The summed E-state index contributed by atoms with van der Waals surface area (Å²) in [6.45, 7) is 3.15. The Morgan fingerprint density at radius 2 is 2.12 bits per heavy atom. The van der Waals surface area contributed by atoms with Crippen LogP contribution in [-0.2, 0) is 6.18 Å². The summed E-state index contributed by atoms with van der Waals surface area (Å²) in [5.74, 6) is 0.0272. The molecule has 2 N–H and O–H groups in total. The van der Waals surface area contributed by atoms with Crippen LogP contribution in [-0.4, -0.2) is 39.7 Å². The fourth-order valence-electron chi connectivity index (χ4n) is 3.19. The molecular weight excluding hydrogens is 345 g/mol. The molecule has 0 unspecified atom stereocenters. The third kappa shape index (κ3) is 3.90. The number of carbonyl (C=O) groups is 1. The normalized spacial score (nSPS) is 19.4. The molecule has 2 atom stereocenters. The summed E-state index contributed by atoms with van der Waals surface area (Å²) in [6, 6.07) is 6.38. The number of carbonyl (C=O) groups excluding carboxylic acids is 1. The zero-order chi connectivity index (χ0) is 18.9. The number of hydrogen-bond donors (Lipinski definition) is 1. The quantitative estimate of drug-likeness (QED) is 0.908. The second kappa shape index (κ2) is 7.11. The fourth-order valence-corrected chi connectivity index (χ4v) is 3.19. The van der Waals surface area contributed by atoms with Crippen molar-refractivity contribution < 1.29 is 18.0 Å². The van der Waals surface area contributed by atoms with Gasteiger partial charge in [0, 0.05) is 25.3 Å². The van der Waals surface area contributed by atoms with Crippen LogP contribution in [0.3, 0.4) is 0 Å². The molecule has 0 saturated carbocycles. The topological polar surface area (TPSA) is 64.2 Å². The zero-order valence-corrected chi connectivity index (χ0v) is 14.4. The van der Waals surface area contributed by atoms with E-state index in [0.717, 1.165) is 25.0 Å². The predicted molar refractivity (Wildman–Crippen MR) is 90.8 cm³/mol. The first-order chi connectivity index (χ1) is 12.3. The van der Waals surface area contributed by atoms with Crippen molar-refractivity contribution in [1.29, 1.82) is 0 Å². The number of aromatic nitrogens is 2. The van der Waals surface area contributed by atoms with E-state index in [9.17, 15) is 18.0 Å². The first kappa shape index (κ1) is 18.4. The summed E-state index contributed by atoms with van der Waals surface area (Å²) in [5.41, 5.74) is 5.66. The van der Waals surface area contributed by atoms with E-state index in [-0.39, 0.29) is 29.2 Å². The van der Waals surface area contributed by atoms with Gasteiger partial charge in [-0.25, -0.2) is 4.68 Å². The van der Waals surface area contributed by atoms with Crippen molar-refractivity contribution in [2.24, 2.45) is 11.7 Å². The van der Waals surface area contributed by atoms with Gasteiger partial charge in [0.25, 0.3) is 5.91 Å². The number of alkyl halides is 3. The molecule has 0 radical (unpaired) electrons. The van der Waals surface area contributed by atoms with Gasteiger partial charge in [-0.15, -0.1) is 0 Å². The minimum absolute atomic E-state index is 0.00765. The van der Waals surface area contributed by atoms with Crippen molar-refractivity contribution in [3.8, 4) is 5.69 Å². The molecule has 2 aromatic rings. The molecule has 1 aromatic carbocycles. The number of nitrogens with zero attached hydrogens (tertiary/aromatic N) is 3. The van der Waals surface area contributed by atoms with Crippen LogP contribution in [0.25, 0.3) is 5.69 Å². The fraction of sp³-hybridized carbons (Fsp3) is 0.444. The lowest BCUT2D eigenvalue weighted by Crippen LogP contribution is -2.45. The van der Waals surface area contributed by atoms with Gasteiger partial charge in [0.05, 0.1) is 11.3 Å². The van der Waals surface area contributed by atoms with Crippen molar-refractivity contribution in [2.45, 2.75) is 32.0 Å². The largest absolute Gasteiger partial charge is 0.416 e. The van der Waals surface area contributed by atoms with Crippen LogP contribution in [0.5, 0.6) is 0 Å². The molecule has 1 aromatic heterocycles. The Bertz CT molecular complexity index is 785. The number of amides is 1. The molecule has 2 heterocycles. The van der Waals surface area contributed by atoms with Crippen molar-refractivity contribution in [3.63, 3.8) is 0 Å². The van der Waals surface area contributed by atoms with E-state index in [1.807, 2.05) is 6.92 Å². The Morgan fingerprint density at radius 1 is 1.35 bits per heavy atom. The molecule has 140 valence electrons. The Balaban J connectivity index is 1.78. The van der Waals surface area contributed by atoms with Crippen LogP contribution < -0.4 is 5.73 Å². The molecule has 0 bridgehead atoms. The second-order valence-corrected chi connectivity index (χ2v) is 6.71. The Labute approximate surface area is 149 Å². The summed E-state index contributed by atoms with van der Waals surface area (Å²) < 4.78 is 39.9. The van der Waals surface area contributed by atoms with E-state index < -0.39 is 11.7 Å². The third-order valence-electron chi connectivity index (χ3n) is 4.73. The maximum absolute atomic E-state index is 12.9. The Hall–Kier alpha value is -2.35. The van der Waals surface area contributed by atoms with Crippen LogP contribution >= 0.6 is 0 Å². The van der Waals surface area contributed by atoms with E-state index >= 15 is 0 Å². The SMILES string of the molecule is C[C@@H](N)[C@H]1CCCN(C(=O)c2ccn(-c3cccc(C(F)(F)F)c3)n2)C1. The molecule has 5 nitrogen and oxygen atoms in total. The minimum Gasteiger partial charge on any atom is -0.337 e. The van der Waals surface area contributed by atoms with Gasteiger partial charge in [-0.2, -0.15) is 18.3 Å². The van der Waals surface area contributed by atoms with Gasteiger partial charge in [0.15, 0.2) is 5.69 Å². The van der Waals surface area contributed by atoms with Crippen LogP contribution in [0.2, 0.25) is 0 Å². The van der Waals surface area contributed by atoms with Crippen molar-refractivity contribution in [3.05, 3.63) is 47.8 Å². The van der Waals surface area contributed by atoms with Gasteiger partial charge in [-0.05, 0) is 49.9 Å². The molecule has 1 fully saturated rings. The van der Waals surface area contributed by atoms with Crippen molar-refractivity contribution >= 4 is 5.91 Å². The van der Waals surface area contributed by atoms with Crippen LogP contribution in [0, 0.1) is 5.92 Å². The lowest BCUT2D eigenvalue weighted by Gasteiger charge is -2.34. The molecule has 0 spiro atoms. The summed E-state index contributed by atoms with van der Waals surface area (Å²) in [5, 5.41) is 4.18. The average Bonchev–Trinajstić information content (AvgIpc) is 3.10. The van der Waals surface area contributed by atoms with Crippen LogP contribution in [0.4, 0.5) is 13.2 Å². The molecule has 26 heavy (non-hydrogen) atoms. The molecule has 3 rings (SSSR count). The second-order valence-electron chi connectivity index (χ2n) is 6.71. The standard InChI is InChI=1S/C18H21F3N4O/c1-12(22)13-4-3-8-24(11-13)17(26)16-7-9-25(23-16)15-6-2-5-14(10-15)18(19,20)21/h2,5-7,9-10,12-13H,3-4,8,11,22H2,1H3/t12-,13+/m1/s1. The predicted octanol–water partition coefficient (Wildman–Crippen LogP) is 3.09. The number of likely N-dealkylation sites (tertiary alicyclic amines) is 1. The van der Waals surface area contributed by atoms with E-state index in [1.54, 1.807) is 4.90 Å². The maximum Gasteiger partial charge on any atom is 0.416 e. The Morgan fingerprint density at radius 3 is 2.81 bits per heavy atom. The third-order valence-corrected chi connectivity index (χ3v) is 4.73. The highest BCUT2D eigenvalue weighted by molar-refractivity contribution is 5.92. The van der Waals surface area contributed by atoms with Gasteiger partial charge >= 0.3 is 6.18 Å². The van der Waals surface area contributed by atoms with Gasteiger partial charge in [0.1, 0.15) is 0 Å². The highest BCUT2D eigenvalue weighted by Crippen LogP contribution is 2.30. The first-order valence-corrected chi connectivity index (χ1v) is 8.54. The van der Waals surface area contributed by atoms with E-state index in [0.29, 0.717) is 13.1 Å². The molecule has 1 saturated heterocycles. The maximum atomic E-state index is 12.9. The van der Waals surface area contributed by atoms with Gasteiger partial charge in [-0.1, -0.05) is 6.07 Å². The molecule has 1 amide bonds. The highest BCUT2D eigenvalue weighted by Gasteiger charge is 2.31. The van der Waals surface area contributed by atoms with Gasteiger partial charge in [0.2, 0.25) is 0 Å². The summed E-state index contributed by atoms with van der Waals surface area (Å²) in [7, 11) is 0. The Kier molecular flexibility index (Phi) is 5.04. The summed E-state index contributed by atoms with van der Waals surface area (Å²) >= 11 is 0. The lowest BCUT2D eigenvalue weighted by atomic mass is 9.92. The van der Waals surface area contributed by atoms with Crippen LogP contribution in [0.15, 0.2) is 36.5 Å². The van der Waals surface area contributed by atoms with E-state index in [1.165, 1.54) is 29.1 Å². The number of rotatable bonds is 3. The first-order valence-electron chi connectivity index (χ1n) is 8.54. The number of halogens is 3. The minimum atomic E-state index is -4.43.